The van der Waals surface area contributed by atoms with Crippen LogP contribution in [0.1, 0.15) is 75.6 Å². The van der Waals surface area contributed by atoms with Crippen LogP contribution in [-0.4, -0.2) is 56.2 Å². The zero-order chi connectivity index (χ0) is 25.9. The van der Waals surface area contributed by atoms with Gasteiger partial charge < -0.3 is 15.5 Å². The van der Waals surface area contributed by atoms with E-state index in [4.69, 9.17) is 0 Å². The third-order valence-corrected chi connectivity index (χ3v) is 9.32. The summed E-state index contributed by atoms with van der Waals surface area (Å²) in [6.07, 6.45) is 8.93. The number of rotatable bonds is 5. The Kier molecular flexibility index (Phi) is 6.14. The Labute approximate surface area is 212 Å². The molecule has 1 aromatic rings. The molecule has 5 fully saturated rings. The van der Waals surface area contributed by atoms with Gasteiger partial charge >= 0.3 is 6.03 Å². The average molecular weight is 521 g/mol. The zero-order valence-corrected chi connectivity index (χ0v) is 22.1. The largest absolute Gasteiger partial charge is 0.337 e. The number of piperidine rings is 1. The van der Waals surface area contributed by atoms with Crippen molar-refractivity contribution in [3.8, 4) is 0 Å². The van der Waals surface area contributed by atoms with Crippen molar-refractivity contribution in [1.29, 1.82) is 0 Å². The highest BCUT2D eigenvalue weighted by molar-refractivity contribution is 7.88. The number of carbonyl (C=O) groups is 2. The summed E-state index contributed by atoms with van der Waals surface area (Å²) in [6, 6.07) is 3.29. The molecule has 8 nitrogen and oxygen atoms in total. The highest BCUT2D eigenvalue weighted by Gasteiger charge is 2.60. The minimum absolute atomic E-state index is 0.0291. The topological polar surface area (TPSA) is 108 Å². The van der Waals surface area contributed by atoms with Crippen LogP contribution in [-0.2, 0) is 10.0 Å². The smallest absolute Gasteiger partial charge is 0.319 e. The van der Waals surface area contributed by atoms with E-state index in [1.54, 1.807) is 0 Å². The van der Waals surface area contributed by atoms with E-state index >= 15 is 0 Å². The van der Waals surface area contributed by atoms with Crippen LogP contribution in [0.15, 0.2) is 18.2 Å². The number of anilines is 1. The predicted octanol–water partition coefficient (Wildman–Crippen LogP) is 3.85. The molecule has 0 radical (unpaired) electrons. The molecule has 3 amide bonds. The number of sulfonamides is 1. The normalized spacial score (nSPS) is 35.5. The first-order valence-electron chi connectivity index (χ1n) is 12.9. The molecule has 1 aromatic carbocycles. The number of benzene rings is 1. The first kappa shape index (κ1) is 25.4. The second-order valence-corrected chi connectivity index (χ2v) is 14.4. The summed E-state index contributed by atoms with van der Waals surface area (Å²) in [4.78, 5) is 27.4. The molecule has 198 valence electrons. The van der Waals surface area contributed by atoms with Crippen LogP contribution in [0.2, 0.25) is 0 Å². The fraction of sp³-hybridized carbons (Fsp3) is 0.692. The Morgan fingerprint density at radius 2 is 1.78 bits per heavy atom. The molecular weight excluding hydrogens is 483 g/mol. The molecule has 4 saturated carbocycles. The number of hydrogen-bond donors (Lipinski definition) is 3. The lowest BCUT2D eigenvalue weighted by molar-refractivity contribution is -0.113. The van der Waals surface area contributed by atoms with Crippen molar-refractivity contribution < 1.29 is 22.4 Å². The number of hydrogen-bond acceptors (Lipinski definition) is 4. The first-order chi connectivity index (χ1) is 16.7. The van der Waals surface area contributed by atoms with Crippen LogP contribution < -0.4 is 15.4 Å². The summed E-state index contributed by atoms with van der Waals surface area (Å²) in [7, 11) is -3.38. The quantitative estimate of drug-likeness (QED) is 0.548. The molecule has 5 aliphatic rings. The van der Waals surface area contributed by atoms with Crippen molar-refractivity contribution in [2.75, 3.05) is 24.7 Å². The maximum Gasteiger partial charge on any atom is 0.319 e. The van der Waals surface area contributed by atoms with Gasteiger partial charge in [-0.1, -0.05) is 13.8 Å². The lowest BCUT2D eigenvalue weighted by atomic mass is 9.43. The molecule has 10 heteroatoms. The number of nitrogens with zero attached hydrogens (tertiary/aromatic N) is 1. The van der Waals surface area contributed by atoms with Gasteiger partial charge in [-0.2, -0.15) is 0 Å². The SMILES string of the molecule is C[C@]12CC3CC(NC(=O)Nc4ccc(C(=O)N5CCC[C@H](NS(C)(=O)=O)C5)cc4F)(C1)C[C@@](C)(C3)C2. The number of urea groups is 1. The van der Waals surface area contributed by atoms with Crippen molar-refractivity contribution in [2.45, 2.75) is 76.8 Å². The fourth-order valence-corrected chi connectivity index (χ4v) is 9.27. The van der Waals surface area contributed by atoms with E-state index in [0.29, 0.717) is 25.3 Å². The minimum atomic E-state index is -3.38. The zero-order valence-electron chi connectivity index (χ0n) is 21.3. The Balaban J connectivity index is 1.23. The summed E-state index contributed by atoms with van der Waals surface area (Å²) < 4.78 is 40.6. The maximum absolute atomic E-state index is 15.0. The van der Waals surface area contributed by atoms with Gasteiger partial charge in [0.05, 0.1) is 11.9 Å². The molecule has 1 aliphatic heterocycles. The van der Waals surface area contributed by atoms with Gasteiger partial charge in [0, 0.05) is 30.2 Å². The lowest BCUT2D eigenvalue weighted by Crippen LogP contribution is -2.65. The molecule has 4 aliphatic carbocycles. The minimum Gasteiger partial charge on any atom is -0.337 e. The van der Waals surface area contributed by atoms with Crippen LogP contribution in [0.4, 0.5) is 14.9 Å². The van der Waals surface area contributed by atoms with Crippen molar-refractivity contribution in [2.24, 2.45) is 16.7 Å². The summed E-state index contributed by atoms with van der Waals surface area (Å²) in [6.45, 7) is 5.38. The monoisotopic (exact) mass is 520 g/mol. The molecule has 2 unspecified atom stereocenters. The highest BCUT2D eigenvalue weighted by atomic mass is 32.2. The number of likely N-dealkylation sites (tertiary alicyclic amines) is 1. The Hall–Kier alpha value is -2.20. The van der Waals surface area contributed by atoms with E-state index in [9.17, 15) is 22.4 Å². The molecule has 36 heavy (non-hydrogen) atoms. The molecule has 0 aromatic heterocycles. The van der Waals surface area contributed by atoms with Crippen LogP contribution in [0.5, 0.6) is 0 Å². The van der Waals surface area contributed by atoms with Crippen LogP contribution in [0.25, 0.3) is 0 Å². The number of amides is 3. The van der Waals surface area contributed by atoms with Gasteiger partial charge in [0.15, 0.2) is 0 Å². The van der Waals surface area contributed by atoms with E-state index in [1.807, 2.05) is 0 Å². The third-order valence-electron chi connectivity index (χ3n) is 8.56. The summed E-state index contributed by atoms with van der Waals surface area (Å²) in [5.74, 6) is -0.413. The second kappa shape index (κ2) is 8.68. The van der Waals surface area contributed by atoms with Crippen molar-refractivity contribution in [3.05, 3.63) is 29.6 Å². The Morgan fingerprint density at radius 1 is 1.08 bits per heavy atom. The molecule has 1 heterocycles. The molecule has 5 atom stereocenters. The van der Waals surface area contributed by atoms with E-state index in [2.05, 4.69) is 29.2 Å². The fourth-order valence-electron chi connectivity index (χ4n) is 8.47. The molecule has 4 bridgehead atoms. The summed E-state index contributed by atoms with van der Waals surface area (Å²) in [5.41, 5.74) is 0.448. The van der Waals surface area contributed by atoms with Gasteiger partial charge in [-0.25, -0.2) is 22.3 Å². The Bertz CT molecular complexity index is 1170. The van der Waals surface area contributed by atoms with Gasteiger partial charge in [-0.05, 0) is 86.3 Å². The van der Waals surface area contributed by atoms with Gasteiger partial charge in [0.1, 0.15) is 5.82 Å². The maximum atomic E-state index is 15.0. The lowest BCUT2D eigenvalue weighted by Gasteiger charge is -2.65. The molecule has 3 N–H and O–H groups in total. The van der Waals surface area contributed by atoms with Crippen LogP contribution in [0, 0.1) is 22.6 Å². The standard InChI is InChI=1S/C26H37FN4O4S/c1-24-10-17-11-25(2,14-24)16-26(12-17,15-24)29-23(33)28-21-7-6-18(9-20(21)27)22(32)31-8-4-5-19(13-31)30-36(3,34)35/h6-7,9,17,19,30H,4-5,8,10-16H2,1-3H3,(H2,28,29,33)/t17?,19-,24-,25+,26?/m0/s1. The van der Waals surface area contributed by atoms with Crippen molar-refractivity contribution in [3.63, 3.8) is 0 Å². The van der Waals surface area contributed by atoms with Gasteiger partial charge in [0.2, 0.25) is 10.0 Å². The number of carbonyl (C=O) groups excluding carboxylic acids is 2. The van der Waals surface area contributed by atoms with Gasteiger partial charge in [-0.3, -0.25) is 4.79 Å². The second-order valence-electron chi connectivity index (χ2n) is 12.7. The van der Waals surface area contributed by atoms with Gasteiger partial charge in [0.25, 0.3) is 5.91 Å². The van der Waals surface area contributed by atoms with E-state index in [-0.39, 0.29) is 46.1 Å². The summed E-state index contributed by atoms with van der Waals surface area (Å²) in [5, 5.41) is 5.88. The van der Waals surface area contributed by atoms with Crippen LogP contribution in [0.3, 0.4) is 0 Å². The van der Waals surface area contributed by atoms with Crippen molar-refractivity contribution in [1.82, 2.24) is 14.9 Å². The first-order valence-corrected chi connectivity index (χ1v) is 14.8. The summed E-state index contributed by atoms with van der Waals surface area (Å²) >= 11 is 0. The van der Waals surface area contributed by atoms with Crippen LogP contribution >= 0.6 is 0 Å². The highest BCUT2D eigenvalue weighted by Crippen LogP contribution is 2.66. The molecule has 6 rings (SSSR count). The Morgan fingerprint density at radius 3 is 2.39 bits per heavy atom. The predicted molar refractivity (Wildman–Crippen MR) is 136 cm³/mol. The third kappa shape index (κ3) is 5.25. The van der Waals surface area contributed by atoms with E-state index < -0.39 is 21.9 Å². The number of nitrogens with one attached hydrogen (secondary N) is 3. The van der Waals surface area contributed by atoms with E-state index in [1.165, 1.54) is 36.3 Å². The molecule has 1 saturated heterocycles. The average Bonchev–Trinajstić information content (AvgIpc) is 2.70. The molecule has 0 spiro atoms. The number of halogens is 1. The van der Waals surface area contributed by atoms with Gasteiger partial charge in [-0.15, -0.1) is 0 Å². The molecular formula is C26H37FN4O4S. The van der Waals surface area contributed by atoms with E-state index in [0.717, 1.165) is 31.6 Å². The van der Waals surface area contributed by atoms with Crippen molar-refractivity contribution >= 4 is 27.6 Å².